The molecule has 1 aliphatic rings. The van der Waals surface area contributed by atoms with Gasteiger partial charge in [-0.2, -0.15) is 0 Å². The molecule has 0 amide bonds. The van der Waals surface area contributed by atoms with Crippen LogP contribution in [0.25, 0.3) is 0 Å². The van der Waals surface area contributed by atoms with Gasteiger partial charge in [0.25, 0.3) is 0 Å². The molecule has 3 N–H and O–H groups in total. The lowest BCUT2D eigenvalue weighted by atomic mass is 10.1. The van der Waals surface area contributed by atoms with E-state index >= 15 is 0 Å². The summed E-state index contributed by atoms with van der Waals surface area (Å²) in [6.45, 7) is 9.69. The second-order valence-electron chi connectivity index (χ2n) is 7.92. The molecule has 1 fully saturated rings. The van der Waals surface area contributed by atoms with Crippen LogP contribution in [0.3, 0.4) is 0 Å². The summed E-state index contributed by atoms with van der Waals surface area (Å²) in [5.41, 5.74) is 3.45. The third-order valence-electron chi connectivity index (χ3n) is 5.22. The molecular formula is C25H37IN4O2. The Morgan fingerprint density at radius 2 is 1.97 bits per heavy atom. The van der Waals surface area contributed by atoms with Crippen LogP contribution in [0, 0.1) is 12.8 Å². The van der Waals surface area contributed by atoms with Crippen molar-refractivity contribution in [1.82, 2.24) is 10.6 Å². The lowest BCUT2D eigenvalue weighted by molar-refractivity contribution is 0.166. The van der Waals surface area contributed by atoms with E-state index in [1.807, 2.05) is 18.2 Å². The lowest BCUT2D eigenvalue weighted by Gasteiger charge is -2.15. The minimum Gasteiger partial charge on any atom is -0.493 e. The molecule has 0 aliphatic carbocycles. The van der Waals surface area contributed by atoms with Crippen molar-refractivity contribution < 1.29 is 9.47 Å². The minimum absolute atomic E-state index is 0. The molecule has 1 atom stereocenters. The van der Waals surface area contributed by atoms with Crippen molar-refractivity contribution in [1.29, 1.82) is 0 Å². The fraction of sp³-hybridized carbons (Fsp3) is 0.480. The zero-order valence-electron chi connectivity index (χ0n) is 19.2. The van der Waals surface area contributed by atoms with E-state index in [0.29, 0.717) is 19.1 Å². The number of aryl methyl sites for hydroxylation is 1. The second kappa shape index (κ2) is 14.9. The summed E-state index contributed by atoms with van der Waals surface area (Å²) in [5, 5.41) is 10.2. The van der Waals surface area contributed by atoms with Gasteiger partial charge in [0.1, 0.15) is 5.75 Å². The molecule has 6 nitrogen and oxygen atoms in total. The normalized spacial score (nSPS) is 15.7. The number of nitrogens with one attached hydrogen (secondary N) is 3. The highest BCUT2D eigenvalue weighted by molar-refractivity contribution is 14.0. The molecule has 0 spiro atoms. The Labute approximate surface area is 209 Å². The third kappa shape index (κ3) is 9.24. The summed E-state index contributed by atoms with van der Waals surface area (Å²) in [4.78, 5) is 4.78. The summed E-state index contributed by atoms with van der Waals surface area (Å²) < 4.78 is 11.6. The van der Waals surface area contributed by atoms with E-state index < -0.39 is 0 Å². The Morgan fingerprint density at radius 3 is 2.72 bits per heavy atom. The van der Waals surface area contributed by atoms with Gasteiger partial charge >= 0.3 is 0 Å². The van der Waals surface area contributed by atoms with Gasteiger partial charge < -0.3 is 25.4 Å². The van der Waals surface area contributed by atoms with E-state index in [1.165, 1.54) is 5.56 Å². The minimum atomic E-state index is 0. The third-order valence-corrected chi connectivity index (χ3v) is 5.22. The lowest BCUT2D eigenvalue weighted by Crippen LogP contribution is -2.38. The van der Waals surface area contributed by atoms with E-state index in [9.17, 15) is 0 Å². The molecule has 1 aliphatic heterocycles. The number of rotatable bonds is 11. The first-order valence-electron chi connectivity index (χ1n) is 11.4. The quantitative estimate of drug-likeness (QED) is 0.165. The summed E-state index contributed by atoms with van der Waals surface area (Å²) in [6.07, 6.45) is 2.08. The molecule has 1 unspecified atom stereocenters. The Bertz CT molecular complexity index is 811. The number of benzene rings is 2. The molecule has 0 saturated carbocycles. The predicted octanol–water partition coefficient (Wildman–Crippen LogP) is 4.59. The molecule has 2 aromatic rings. The maximum Gasteiger partial charge on any atom is 0.191 e. The van der Waals surface area contributed by atoms with Crippen molar-refractivity contribution >= 4 is 35.6 Å². The maximum absolute atomic E-state index is 6.15. The summed E-state index contributed by atoms with van der Waals surface area (Å²) in [6, 6.07) is 16.6. The van der Waals surface area contributed by atoms with E-state index in [1.54, 1.807) is 0 Å². The SMILES string of the molecule is CCNC(=NCc1ccc(C)cc1OCC1CCOC1)NCCCNc1ccccc1.I. The maximum atomic E-state index is 6.15. The molecule has 1 saturated heterocycles. The average molecular weight is 553 g/mol. The van der Waals surface area contributed by atoms with Crippen LogP contribution in [-0.2, 0) is 11.3 Å². The van der Waals surface area contributed by atoms with E-state index in [-0.39, 0.29) is 24.0 Å². The predicted molar refractivity (Wildman–Crippen MR) is 143 cm³/mol. The van der Waals surface area contributed by atoms with E-state index in [0.717, 1.165) is 68.6 Å². The molecule has 2 aromatic carbocycles. The van der Waals surface area contributed by atoms with Crippen molar-refractivity contribution in [3.05, 3.63) is 59.7 Å². The van der Waals surface area contributed by atoms with Gasteiger partial charge in [-0.3, -0.25) is 0 Å². The van der Waals surface area contributed by atoms with Crippen molar-refractivity contribution in [2.75, 3.05) is 44.8 Å². The van der Waals surface area contributed by atoms with Crippen LogP contribution in [-0.4, -0.2) is 45.4 Å². The number of nitrogens with zero attached hydrogens (tertiary/aromatic N) is 1. The van der Waals surface area contributed by atoms with Crippen LogP contribution >= 0.6 is 24.0 Å². The number of aliphatic imine (C=N–C) groups is 1. The number of guanidine groups is 1. The molecule has 0 radical (unpaired) electrons. The topological polar surface area (TPSA) is 66.9 Å². The van der Waals surface area contributed by atoms with Gasteiger partial charge in [0, 0.05) is 43.4 Å². The van der Waals surface area contributed by atoms with Gasteiger partial charge in [0.05, 0.1) is 19.8 Å². The smallest absolute Gasteiger partial charge is 0.191 e. The molecular weight excluding hydrogens is 515 g/mol. The number of halogens is 1. The van der Waals surface area contributed by atoms with Gasteiger partial charge in [-0.1, -0.05) is 30.3 Å². The Balaban J connectivity index is 0.00000363. The molecule has 176 valence electrons. The Hall–Kier alpha value is -2.00. The van der Waals surface area contributed by atoms with E-state index in [4.69, 9.17) is 14.5 Å². The van der Waals surface area contributed by atoms with Gasteiger partial charge in [-0.15, -0.1) is 24.0 Å². The van der Waals surface area contributed by atoms with Crippen LogP contribution in [0.15, 0.2) is 53.5 Å². The standard InChI is InChI=1S/C25H36N4O2.HI/c1-3-26-25(28-14-7-13-27-23-8-5-4-6-9-23)29-17-22-11-10-20(2)16-24(22)31-19-21-12-15-30-18-21;/h4-6,8-11,16,21,27H,3,7,12-15,17-19H2,1-2H3,(H2,26,28,29);1H. The highest BCUT2D eigenvalue weighted by atomic mass is 127. The first-order chi connectivity index (χ1) is 15.2. The fourth-order valence-electron chi connectivity index (χ4n) is 3.44. The van der Waals surface area contributed by atoms with E-state index in [2.05, 4.69) is 60.1 Å². The molecule has 32 heavy (non-hydrogen) atoms. The van der Waals surface area contributed by atoms with Gasteiger partial charge in [0.15, 0.2) is 5.96 Å². The zero-order chi connectivity index (χ0) is 21.7. The molecule has 3 rings (SSSR count). The number of hydrogen-bond acceptors (Lipinski definition) is 4. The van der Waals surface area contributed by atoms with Crippen LogP contribution in [0.5, 0.6) is 5.75 Å². The summed E-state index contributed by atoms with van der Waals surface area (Å²) in [5.74, 6) is 2.25. The van der Waals surface area contributed by atoms with Gasteiger partial charge in [0.2, 0.25) is 0 Å². The summed E-state index contributed by atoms with van der Waals surface area (Å²) >= 11 is 0. The van der Waals surface area contributed by atoms with Crippen molar-refractivity contribution in [2.24, 2.45) is 10.9 Å². The Morgan fingerprint density at radius 1 is 1.12 bits per heavy atom. The summed E-state index contributed by atoms with van der Waals surface area (Å²) in [7, 11) is 0. The molecule has 0 bridgehead atoms. The van der Waals surface area contributed by atoms with Crippen molar-refractivity contribution in [3.8, 4) is 5.75 Å². The Kier molecular flexibility index (Phi) is 12.3. The second-order valence-corrected chi connectivity index (χ2v) is 7.92. The number of para-hydroxylation sites is 1. The largest absolute Gasteiger partial charge is 0.493 e. The van der Waals surface area contributed by atoms with Crippen molar-refractivity contribution in [3.63, 3.8) is 0 Å². The van der Waals surface area contributed by atoms with Crippen LogP contribution < -0.4 is 20.7 Å². The van der Waals surface area contributed by atoms with Gasteiger partial charge in [-0.25, -0.2) is 4.99 Å². The van der Waals surface area contributed by atoms with Crippen molar-refractivity contribution in [2.45, 2.75) is 33.2 Å². The molecule has 1 heterocycles. The zero-order valence-corrected chi connectivity index (χ0v) is 21.6. The monoisotopic (exact) mass is 552 g/mol. The molecule has 0 aromatic heterocycles. The first-order valence-corrected chi connectivity index (χ1v) is 11.4. The molecule has 7 heteroatoms. The number of ether oxygens (including phenoxy) is 2. The number of anilines is 1. The fourth-order valence-corrected chi connectivity index (χ4v) is 3.44. The van der Waals surface area contributed by atoms with Gasteiger partial charge in [-0.05, 0) is 50.5 Å². The van der Waals surface area contributed by atoms with Crippen LogP contribution in [0.1, 0.15) is 30.9 Å². The average Bonchev–Trinajstić information content (AvgIpc) is 3.31. The highest BCUT2D eigenvalue weighted by Crippen LogP contribution is 2.23. The van der Waals surface area contributed by atoms with Crippen LogP contribution in [0.2, 0.25) is 0 Å². The highest BCUT2D eigenvalue weighted by Gasteiger charge is 2.17. The van der Waals surface area contributed by atoms with Crippen LogP contribution in [0.4, 0.5) is 5.69 Å². The first kappa shape index (κ1) is 26.3. The number of hydrogen-bond donors (Lipinski definition) is 3.